The summed E-state index contributed by atoms with van der Waals surface area (Å²) in [6.45, 7) is 0. The van der Waals surface area contributed by atoms with Gasteiger partial charge < -0.3 is 4.90 Å². The standard InChI is InChI=1S/C15H15ClN2O3S/c1-17-22(20,21)12-8-9-14(16)13(10-12)15(19)18(2)11-6-4-3-5-7-11/h3-10,17H,1-2H3. The van der Waals surface area contributed by atoms with Gasteiger partial charge in [-0.15, -0.1) is 0 Å². The molecule has 0 fully saturated rings. The van der Waals surface area contributed by atoms with Gasteiger partial charge in [-0.05, 0) is 37.4 Å². The fraction of sp³-hybridized carbons (Fsp3) is 0.133. The normalized spacial score (nSPS) is 11.2. The van der Waals surface area contributed by atoms with Gasteiger partial charge in [0.15, 0.2) is 0 Å². The Bertz CT molecular complexity index is 792. The average Bonchev–Trinajstić information content (AvgIpc) is 2.54. The number of benzene rings is 2. The number of halogens is 1. The van der Waals surface area contributed by atoms with Crippen molar-refractivity contribution < 1.29 is 13.2 Å². The fourth-order valence-corrected chi connectivity index (χ4v) is 2.86. The van der Waals surface area contributed by atoms with Gasteiger partial charge >= 0.3 is 0 Å². The number of nitrogens with one attached hydrogen (secondary N) is 1. The van der Waals surface area contributed by atoms with Crippen LogP contribution in [0.2, 0.25) is 5.02 Å². The van der Waals surface area contributed by atoms with E-state index in [-0.39, 0.29) is 21.4 Å². The Morgan fingerprint density at radius 3 is 2.36 bits per heavy atom. The highest BCUT2D eigenvalue weighted by molar-refractivity contribution is 7.89. The molecule has 22 heavy (non-hydrogen) atoms. The number of para-hydroxylation sites is 1. The van der Waals surface area contributed by atoms with Crippen molar-refractivity contribution in [2.75, 3.05) is 19.0 Å². The van der Waals surface area contributed by atoms with Gasteiger partial charge in [-0.25, -0.2) is 13.1 Å². The molecule has 0 heterocycles. The Morgan fingerprint density at radius 2 is 1.77 bits per heavy atom. The summed E-state index contributed by atoms with van der Waals surface area (Å²) >= 11 is 6.05. The second-order valence-electron chi connectivity index (χ2n) is 4.55. The third kappa shape index (κ3) is 3.30. The zero-order chi connectivity index (χ0) is 16.3. The van der Waals surface area contributed by atoms with Gasteiger partial charge in [0.25, 0.3) is 5.91 Å². The number of rotatable bonds is 4. The molecule has 116 valence electrons. The Labute approximate surface area is 134 Å². The van der Waals surface area contributed by atoms with E-state index in [9.17, 15) is 13.2 Å². The second-order valence-corrected chi connectivity index (χ2v) is 6.84. The van der Waals surface area contributed by atoms with E-state index in [0.717, 1.165) is 0 Å². The number of anilines is 1. The van der Waals surface area contributed by atoms with Crippen LogP contribution >= 0.6 is 11.6 Å². The SMILES string of the molecule is CNS(=O)(=O)c1ccc(Cl)c(C(=O)N(C)c2ccccc2)c1. The summed E-state index contributed by atoms with van der Waals surface area (Å²) in [5, 5.41) is 0.197. The van der Waals surface area contributed by atoms with Gasteiger partial charge in [0.05, 0.1) is 15.5 Å². The van der Waals surface area contributed by atoms with E-state index < -0.39 is 10.0 Å². The molecule has 0 atom stereocenters. The predicted octanol–water partition coefficient (Wildman–Crippen LogP) is 2.52. The maximum Gasteiger partial charge on any atom is 0.259 e. The lowest BCUT2D eigenvalue weighted by Gasteiger charge is -2.18. The number of sulfonamides is 1. The Hall–Kier alpha value is -1.89. The van der Waals surface area contributed by atoms with Crippen molar-refractivity contribution in [3.05, 3.63) is 59.1 Å². The van der Waals surface area contributed by atoms with Crippen LogP contribution in [-0.2, 0) is 10.0 Å². The van der Waals surface area contributed by atoms with Crippen LogP contribution in [0.3, 0.4) is 0 Å². The molecule has 0 saturated carbocycles. The third-order valence-corrected chi connectivity index (χ3v) is 4.94. The Morgan fingerprint density at radius 1 is 1.14 bits per heavy atom. The summed E-state index contributed by atoms with van der Waals surface area (Å²) in [6.07, 6.45) is 0. The minimum absolute atomic E-state index is 0.00999. The molecule has 0 spiro atoms. The number of nitrogens with zero attached hydrogens (tertiary/aromatic N) is 1. The maximum atomic E-state index is 12.6. The first kappa shape index (κ1) is 16.5. The Balaban J connectivity index is 2.44. The van der Waals surface area contributed by atoms with Crippen LogP contribution < -0.4 is 9.62 Å². The van der Waals surface area contributed by atoms with Crippen molar-refractivity contribution in [1.82, 2.24) is 4.72 Å². The number of amides is 1. The van der Waals surface area contributed by atoms with E-state index in [0.29, 0.717) is 5.69 Å². The van der Waals surface area contributed by atoms with Crippen LogP contribution in [0.15, 0.2) is 53.4 Å². The van der Waals surface area contributed by atoms with Crippen molar-refractivity contribution in [2.45, 2.75) is 4.90 Å². The van der Waals surface area contributed by atoms with Crippen LogP contribution in [0.5, 0.6) is 0 Å². The molecule has 0 bridgehead atoms. The smallest absolute Gasteiger partial charge is 0.259 e. The molecule has 1 N–H and O–H groups in total. The van der Waals surface area contributed by atoms with Gasteiger partial charge in [0.1, 0.15) is 0 Å². The van der Waals surface area contributed by atoms with Gasteiger partial charge in [-0.2, -0.15) is 0 Å². The topological polar surface area (TPSA) is 66.5 Å². The molecule has 0 aliphatic rings. The fourth-order valence-electron chi connectivity index (χ4n) is 1.90. The lowest BCUT2D eigenvalue weighted by molar-refractivity contribution is 0.0993. The molecule has 2 aromatic carbocycles. The molecule has 0 aliphatic carbocycles. The van der Waals surface area contributed by atoms with Crippen LogP contribution in [0.25, 0.3) is 0 Å². The lowest BCUT2D eigenvalue weighted by atomic mass is 10.2. The highest BCUT2D eigenvalue weighted by Gasteiger charge is 2.20. The summed E-state index contributed by atoms with van der Waals surface area (Å²) < 4.78 is 25.9. The van der Waals surface area contributed by atoms with E-state index >= 15 is 0 Å². The molecular weight excluding hydrogens is 324 g/mol. The quantitative estimate of drug-likeness (QED) is 0.931. The highest BCUT2D eigenvalue weighted by atomic mass is 35.5. The number of carbonyl (C=O) groups excluding carboxylic acids is 1. The van der Waals surface area contributed by atoms with Crippen LogP contribution in [0.1, 0.15) is 10.4 Å². The molecule has 7 heteroatoms. The van der Waals surface area contributed by atoms with E-state index in [2.05, 4.69) is 4.72 Å². The van der Waals surface area contributed by atoms with Crippen molar-refractivity contribution in [3.63, 3.8) is 0 Å². The molecule has 5 nitrogen and oxygen atoms in total. The first-order valence-electron chi connectivity index (χ1n) is 6.43. The van der Waals surface area contributed by atoms with E-state index in [1.54, 1.807) is 19.2 Å². The molecule has 0 saturated heterocycles. The lowest BCUT2D eigenvalue weighted by Crippen LogP contribution is -2.27. The van der Waals surface area contributed by atoms with Gasteiger partial charge in [-0.1, -0.05) is 29.8 Å². The summed E-state index contributed by atoms with van der Waals surface area (Å²) in [7, 11) is -0.729. The largest absolute Gasteiger partial charge is 0.311 e. The van der Waals surface area contributed by atoms with Crippen LogP contribution in [0.4, 0.5) is 5.69 Å². The summed E-state index contributed by atoms with van der Waals surface area (Å²) in [5.41, 5.74) is 0.815. The molecule has 0 aliphatic heterocycles. The van der Waals surface area contributed by atoms with Gasteiger partial charge in [0.2, 0.25) is 10.0 Å². The van der Waals surface area contributed by atoms with Gasteiger partial charge in [-0.3, -0.25) is 4.79 Å². The monoisotopic (exact) mass is 338 g/mol. The minimum atomic E-state index is -3.64. The van der Waals surface area contributed by atoms with Crippen LogP contribution in [-0.4, -0.2) is 28.4 Å². The zero-order valence-corrected chi connectivity index (χ0v) is 13.6. The van der Waals surface area contributed by atoms with E-state index in [1.165, 1.54) is 30.1 Å². The number of hydrogen-bond acceptors (Lipinski definition) is 3. The summed E-state index contributed by atoms with van der Waals surface area (Å²) in [6, 6.07) is 13.0. The number of carbonyl (C=O) groups is 1. The predicted molar refractivity (Wildman–Crippen MR) is 86.9 cm³/mol. The first-order valence-corrected chi connectivity index (χ1v) is 8.29. The number of hydrogen-bond donors (Lipinski definition) is 1. The third-order valence-electron chi connectivity index (χ3n) is 3.20. The van der Waals surface area contributed by atoms with Crippen molar-refractivity contribution in [2.24, 2.45) is 0 Å². The Kier molecular flexibility index (Phi) is 4.85. The van der Waals surface area contributed by atoms with E-state index in [1.807, 2.05) is 18.2 Å². The van der Waals surface area contributed by atoms with E-state index in [4.69, 9.17) is 11.6 Å². The molecule has 0 aromatic heterocycles. The zero-order valence-electron chi connectivity index (χ0n) is 12.1. The molecule has 1 amide bonds. The molecular formula is C15H15ClN2O3S. The summed E-state index contributed by atoms with van der Waals surface area (Å²) in [5.74, 6) is -0.385. The maximum absolute atomic E-state index is 12.6. The molecule has 0 radical (unpaired) electrons. The molecule has 0 unspecified atom stereocenters. The second kappa shape index (κ2) is 6.48. The summed E-state index contributed by atoms with van der Waals surface area (Å²) in [4.78, 5) is 14.0. The van der Waals surface area contributed by atoms with Crippen molar-refractivity contribution >= 4 is 33.2 Å². The molecule has 2 aromatic rings. The highest BCUT2D eigenvalue weighted by Crippen LogP contribution is 2.23. The first-order chi connectivity index (χ1) is 10.4. The molecule has 2 rings (SSSR count). The minimum Gasteiger partial charge on any atom is -0.311 e. The van der Waals surface area contributed by atoms with Crippen molar-refractivity contribution in [1.29, 1.82) is 0 Å². The van der Waals surface area contributed by atoms with Crippen molar-refractivity contribution in [3.8, 4) is 0 Å². The van der Waals surface area contributed by atoms with Gasteiger partial charge in [0, 0.05) is 12.7 Å². The average molecular weight is 339 g/mol. The van der Waals surface area contributed by atoms with Crippen LogP contribution in [0, 0.1) is 0 Å².